The first-order valence-corrected chi connectivity index (χ1v) is 10.8. The fraction of sp³-hybridized carbons (Fsp3) is 0.304. The molecule has 4 aromatic rings. The van der Waals surface area contributed by atoms with Gasteiger partial charge in [0.05, 0.1) is 13.2 Å². The van der Waals surface area contributed by atoms with Crippen molar-refractivity contribution < 1.29 is 9.53 Å². The first-order chi connectivity index (χ1) is 15.8. The number of ether oxygens (including phenoxy) is 1. The molecule has 0 saturated carbocycles. The highest BCUT2D eigenvalue weighted by Gasteiger charge is 2.13. The zero-order valence-corrected chi connectivity index (χ0v) is 17.7. The Hall–Kier alpha value is -3.72. The number of aromatic nitrogens is 5. The second-order valence-corrected chi connectivity index (χ2v) is 7.75. The SMILES string of the molecule is O=C(Cn1nnc(-c2ccc(N3CCOCC3)cc2)n1)NCCc1c[nH]c2ccccc12. The molecule has 32 heavy (non-hydrogen) atoms. The molecule has 9 heteroatoms. The van der Waals surface area contributed by atoms with Crippen LogP contribution in [-0.4, -0.2) is 63.9 Å². The summed E-state index contributed by atoms with van der Waals surface area (Å²) in [6, 6.07) is 16.2. The van der Waals surface area contributed by atoms with Crippen LogP contribution in [0.25, 0.3) is 22.3 Å². The molecule has 1 amide bonds. The summed E-state index contributed by atoms with van der Waals surface area (Å²) in [5.74, 6) is 0.363. The molecule has 2 aromatic carbocycles. The predicted molar refractivity (Wildman–Crippen MR) is 121 cm³/mol. The maximum Gasteiger partial charge on any atom is 0.243 e. The second-order valence-electron chi connectivity index (χ2n) is 7.75. The van der Waals surface area contributed by atoms with E-state index in [9.17, 15) is 4.79 Å². The lowest BCUT2D eigenvalue weighted by Crippen LogP contribution is -2.36. The van der Waals surface area contributed by atoms with Crippen molar-refractivity contribution in [3.05, 3.63) is 60.3 Å². The summed E-state index contributed by atoms with van der Waals surface area (Å²) < 4.78 is 5.40. The number of fused-ring (bicyclic) bond motifs is 1. The molecule has 9 nitrogen and oxygen atoms in total. The number of nitrogens with one attached hydrogen (secondary N) is 2. The number of tetrazole rings is 1. The fourth-order valence-electron chi connectivity index (χ4n) is 3.93. The summed E-state index contributed by atoms with van der Waals surface area (Å²) in [7, 11) is 0. The van der Waals surface area contributed by atoms with Gasteiger partial charge in [-0.15, -0.1) is 10.2 Å². The lowest BCUT2D eigenvalue weighted by atomic mass is 10.1. The summed E-state index contributed by atoms with van der Waals surface area (Å²) in [5, 5.41) is 16.6. The fourth-order valence-corrected chi connectivity index (χ4v) is 3.93. The number of anilines is 1. The van der Waals surface area contributed by atoms with E-state index < -0.39 is 0 Å². The molecular formula is C23H25N7O2. The van der Waals surface area contributed by atoms with Crippen molar-refractivity contribution in [1.82, 2.24) is 30.5 Å². The van der Waals surface area contributed by atoms with Gasteiger partial charge in [0.2, 0.25) is 11.7 Å². The second kappa shape index (κ2) is 9.19. The van der Waals surface area contributed by atoms with Crippen molar-refractivity contribution >= 4 is 22.5 Å². The Morgan fingerprint density at radius 1 is 1.09 bits per heavy atom. The molecular weight excluding hydrogens is 406 g/mol. The summed E-state index contributed by atoms with van der Waals surface area (Å²) in [6.07, 6.45) is 2.74. The van der Waals surface area contributed by atoms with Crippen molar-refractivity contribution in [3.8, 4) is 11.4 Å². The van der Waals surface area contributed by atoms with E-state index in [-0.39, 0.29) is 12.5 Å². The Kier molecular flexibility index (Phi) is 5.80. The third-order valence-electron chi connectivity index (χ3n) is 5.63. The van der Waals surface area contributed by atoms with E-state index in [1.165, 1.54) is 15.7 Å². The van der Waals surface area contributed by atoms with Gasteiger partial charge in [0, 0.05) is 48.0 Å². The van der Waals surface area contributed by atoms with Crippen LogP contribution in [0, 0.1) is 0 Å². The Bertz CT molecular complexity index is 1190. The molecule has 0 radical (unpaired) electrons. The molecule has 0 unspecified atom stereocenters. The highest BCUT2D eigenvalue weighted by atomic mass is 16.5. The minimum atomic E-state index is -0.142. The molecule has 0 spiro atoms. The van der Waals surface area contributed by atoms with Crippen LogP contribution in [0.15, 0.2) is 54.7 Å². The standard InChI is InChI=1S/C23H25N7O2/c31-22(24-10-9-18-15-25-21-4-2-1-3-20(18)21)16-30-27-23(26-28-30)17-5-7-19(8-6-17)29-11-13-32-14-12-29/h1-8,15,25H,9-14,16H2,(H,24,31). The van der Waals surface area contributed by atoms with Crippen LogP contribution in [0.3, 0.4) is 0 Å². The lowest BCUT2D eigenvalue weighted by Gasteiger charge is -2.28. The zero-order valence-electron chi connectivity index (χ0n) is 17.7. The molecule has 0 bridgehead atoms. The molecule has 1 fully saturated rings. The quantitative estimate of drug-likeness (QED) is 0.464. The van der Waals surface area contributed by atoms with Crippen LogP contribution >= 0.6 is 0 Å². The first kappa shape index (κ1) is 20.2. The lowest BCUT2D eigenvalue weighted by molar-refractivity contribution is -0.122. The van der Waals surface area contributed by atoms with E-state index in [0.717, 1.165) is 49.5 Å². The van der Waals surface area contributed by atoms with E-state index in [4.69, 9.17) is 4.74 Å². The van der Waals surface area contributed by atoms with E-state index in [0.29, 0.717) is 12.4 Å². The summed E-state index contributed by atoms with van der Waals surface area (Å²) in [4.78, 5) is 19.2. The van der Waals surface area contributed by atoms with Crippen molar-refractivity contribution in [2.24, 2.45) is 0 Å². The predicted octanol–water partition coefficient (Wildman–Crippen LogP) is 2.02. The largest absolute Gasteiger partial charge is 0.378 e. The van der Waals surface area contributed by atoms with Gasteiger partial charge in [0.1, 0.15) is 6.54 Å². The maximum absolute atomic E-state index is 12.3. The topological polar surface area (TPSA) is 101 Å². The molecule has 0 aliphatic carbocycles. The molecule has 164 valence electrons. The highest BCUT2D eigenvalue weighted by Crippen LogP contribution is 2.21. The van der Waals surface area contributed by atoms with Gasteiger partial charge in [-0.25, -0.2) is 0 Å². The Morgan fingerprint density at radius 2 is 1.91 bits per heavy atom. The maximum atomic E-state index is 12.3. The molecule has 2 aromatic heterocycles. The normalized spacial score (nSPS) is 14.1. The van der Waals surface area contributed by atoms with Crippen LogP contribution in [0.2, 0.25) is 0 Å². The minimum Gasteiger partial charge on any atom is -0.378 e. The van der Waals surface area contributed by atoms with Gasteiger partial charge in [-0.05, 0) is 47.5 Å². The van der Waals surface area contributed by atoms with E-state index in [1.54, 1.807) is 0 Å². The highest BCUT2D eigenvalue weighted by molar-refractivity contribution is 5.83. The Morgan fingerprint density at radius 3 is 2.75 bits per heavy atom. The minimum absolute atomic E-state index is 0.0345. The van der Waals surface area contributed by atoms with Crippen molar-refractivity contribution in [3.63, 3.8) is 0 Å². The number of para-hydroxylation sites is 1. The molecule has 3 heterocycles. The number of amides is 1. The number of nitrogens with zero attached hydrogens (tertiary/aromatic N) is 5. The zero-order chi connectivity index (χ0) is 21.8. The van der Waals surface area contributed by atoms with Crippen LogP contribution in [-0.2, 0) is 22.5 Å². The number of carbonyl (C=O) groups excluding carboxylic acids is 1. The number of carbonyl (C=O) groups is 1. The molecule has 1 saturated heterocycles. The third kappa shape index (κ3) is 4.47. The van der Waals surface area contributed by atoms with Gasteiger partial charge in [-0.2, -0.15) is 4.80 Å². The van der Waals surface area contributed by atoms with E-state index in [2.05, 4.69) is 48.8 Å². The number of hydrogen-bond acceptors (Lipinski definition) is 6. The van der Waals surface area contributed by atoms with Crippen LogP contribution in [0.5, 0.6) is 0 Å². The van der Waals surface area contributed by atoms with E-state index in [1.807, 2.05) is 36.5 Å². The van der Waals surface area contributed by atoms with E-state index >= 15 is 0 Å². The van der Waals surface area contributed by atoms with Crippen LogP contribution in [0.1, 0.15) is 5.56 Å². The number of H-pyrrole nitrogens is 1. The smallest absolute Gasteiger partial charge is 0.243 e. The van der Waals surface area contributed by atoms with Gasteiger partial charge >= 0.3 is 0 Å². The number of morpholine rings is 1. The first-order valence-electron chi connectivity index (χ1n) is 10.8. The molecule has 5 rings (SSSR count). The number of aromatic amines is 1. The Labute approximate surface area is 185 Å². The number of benzene rings is 2. The third-order valence-corrected chi connectivity index (χ3v) is 5.63. The summed E-state index contributed by atoms with van der Waals surface area (Å²) in [6.45, 7) is 3.87. The Balaban J connectivity index is 1.14. The average molecular weight is 432 g/mol. The van der Waals surface area contributed by atoms with Gasteiger partial charge in [-0.3, -0.25) is 4.79 Å². The van der Waals surface area contributed by atoms with Gasteiger partial charge in [0.25, 0.3) is 0 Å². The number of hydrogen-bond donors (Lipinski definition) is 2. The number of rotatable bonds is 7. The molecule has 1 aliphatic rings. The van der Waals surface area contributed by atoms with Crippen LogP contribution in [0.4, 0.5) is 5.69 Å². The van der Waals surface area contributed by atoms with Crippen molar-refractivity contribution in [2.75, 3.05) is 37.7 Å². The molecule has 2 N–H and O–H groups in total. The van der Waals surface area contributed by atoms with Gasteiger partial charge in [0.15, 0.2) is 0 Å². The van der Waals surface area contributed by atoms with Crippen LogP contribution < -0.4 is 10.2 Å². The van der Waals surface area contributed by atoms with Gasteiger partial charge < -0.3 is 19.9 Å². The monoisotopic (exact) mass is 431 g/mol. The van der Waals surface area contributed by atoms with Gasteiger partial charge in [-0.1, -0.05) is 18.2 Å². The molecule has 1 aliphatic heterocycles. The summed E-state index contributed by atoms with van der Waals surface area (Å²) in [5.41, 5.74) is 4.31. The van der Waals surface area contributed by atoms with Crippen molar-refractivity contribution in [1.29, 1.82) is 0 Å². The average Bonchev–Trinajstić information content (AvgIpc) is 3.47. The van der Waals surface area contributed by atoms with Crippen molar-refractivity contribution in [2.45, 2.75) is 13.0 Å². The molecule has 0 atom stereocenters. The summed E-state index contributed by atoms with van der Waals surface area (Å²) >= 11 is 0.